The summed E-state index contributed by atoms with van der Waals surface area (Å²) in [5, 5.41) is 8.48. The number of rotatable bonds is 25. The molecule has 0 aromatic heterocycles. The molecular formula is C42H63F2N3O14P2. The molecule has 6 N–H and O–H groups in total. The van der Waals surface area contributed by atoms with Crippen LogP contribution in [0.4, 0.5) is 13.6 Å². The quantitative estimate of drug-likeness (QED) is 0.0280. The van der Waals surface area contributed by atoms with E-state index in [0.29, 0.717) is 44.4 Å². The molecule has 1 fully saturated rings. The van der Waals surface area contributed by atoms with Crippen molar-refractivity contribution in [1.82, 2.24) is 15.1 Å². The average molecular weight is 934 g/mol. The van der Waals surface area contributed by atoms with Crippen LogP contribution in [0.1, 0.15) is 96.6 Å². The van der Waals surface area contributed by atoms with E-state index in [0.717, 1.165) is 18.9 Å². The highest BCUT2D eigenvalue weighted by atomic mass is 31.2. The fourth-order valence-corrected chi connectivity index (χ4v) is 8.75. The van der Waals surface area contributed by atoms with Crippen molar-refractivity contribution in [2.75, 3.05) is 39.3 Å². The van der Waals surface area contributed by atoms with E-state index in [1.54, 1.807) is 17.9 Å². The number of benzene rings is 2. The first kappa shape index (κ1) is 55.1. The lowest BCUT2D eigenvalue weighted by Gasteiger charge is -2.29. The Morgan fingerprint density at radius 3 is 2.05 bits per heavy atom. The third-order valence-electron chi connectivity index (χ3n) is 10.2. The Kier molecular flexibility index (Phi) is 23.3. The van der Waals surface area contributed by atoms with Gasteiger partial charge < -0.3 is 54.0 Å². The molecule has 3 rings (SSSR count). The van der Waals surface area contributed by atoms with Gasteiger partial charge in [0.15, 0.2) is 6.10 Å². The number of carbonyl (C=O) groups excluding carboxylic acids is 4. The lowest BCUT2D eigenvalue weighted by molar-refractivity contribution is -0.167. The molecule has 2 atom stereocenters. The van der Waals surface area contributed by atoms with Crippen molar-refractivity contribution in [2.24, 2.45) is 0 Å². The molecule has 1 aliphatic rings. The number of likely N-dealkylation sites (tertiary alicyclic amines) is 1. The number of nitrogens with zero attached hydrogens (tertiary/aromatic N) is 2. The van der Waals surface area contributed by atoms with Gasteiger partial charge in [-0.2, -0.15) is 8.78 Å². The molecule has 0 spiro atoms. The SMILES string of the molecule is CCN(CC)CC.CCOC(=O)CCCCCCN1C(=O)CC[C@@H]1/C=C/[C@@H](OC(=O)Cc1ccc(OC(=O)NCCCC(O)(P(=O)(O)O)P(=O)(O)O)cc1)C(F)(F)c1ccccc1. The molecule has 1 aliphatic heterocycles. The van der Waals surface area contributed by atoms with Crippen molar-refractivity contribution in [3.05, 3.63) is 77.9 Å². The highest BCUT2D eigenvalue weighted by Gasteiger charge is 2.58. The fraction of sp³-hybridized carbons (Fsp3) is 0.571. The van der Waals surface area contributed by atoms with Gasteiger partial charge in [-0.25, -0.2) is 4.79 Å². The van der Waals surface area contributed by atoms with Crippen LogP contribution in [-0.4, -0.2) is 115 Å². The Morgan fingerprint density at radius 1 is 0.889 bits per heavy atom. The summed E-state index contributed by atoms with van der Waals surface area (Å²) in [6.45, 7) is 12.2. The maximum absolute atomic E-state index is 15.9. The highest BCUT2D eigenvalue weighted by molar-refractivity contribution is 7.72. The normalized spacial score (nSPS) is 15.2. The summed E-state index contributed by atoms with van der Waals surface area (Å²) in [5.74, 6) is -5.03. The van der Waals surface area contributed by atoms with Gasteiger partial charge in [-0.3, -0.25) is 23.5 Å². The number of unbranched alkanes of at least 4 members (excludes halogenated alkanes) is 3. The van der Waals surface area contributed by atoms with Gasteiger partial charge in [0.05, 0.1) is 19.1 Å². The smallest absolute Gasteiger partial charge is 0.412 e. The zero-order valence-electron chi connectivity index (χ0n) is 36.3. The van der Waals surface area contributed by atoms with Crippen LogP contribution in [0, 0.1) is 0 Å². The van der Waals surface area contributed by atoms with E-state index in [1.807, 2.05) is 0 Å². The number of halogens is 2. The second-order valence-electron chi connectivity index (χ2n) is 14.7. The van der Waals surface area contributed by atoms with Crippen molar-refractivity contribution in [3.63, 3.8) is 0 Å². The van der Waals surface area contributed by atoms with Gasteiger partial charge in [-0.15, -0.1) is 0 Å². The summed E-state index contributed by atoms with van der Waals surface area (Å²) >= 11 is 0. The summed E-state index contributed by atoms with van der Waals surface area (Å²) < 4.78 is 70.0. The zero-order valence-corrected chi connectivity index (χ0v) is 38.1. The maximum atomic E-state index is 15.9. The van der Waals surface area contributed by atoms with Crippen molar-refractivity contribution in [3.8, 4) is 5.75 Å². The van der Waals surface area contributed by atoms with E-state index in [1.165, 1.54) is 74.2 Å². The first-order valence-corrected chi connectivity index (χ1v) is 24.2. The summed E-state index contributed by atoms with van der Waals surface area (Å²) in [6, 6.07) is 11.7. The van der Waals surface area contributed by atoms with Gasteiger partial charge in [0.1, 0.15) is 5.75 Å². The van der Waals surface area contributed by atoms with Crippen molar-refractivity contribution in [2.45, 2.75) is 115 Å². The first-order valence-electron chi connectivity index (χ1n) is 21.0. The molecule has 2 aromatic carbocycles. The first-order chi connectivity index (χ1) is 29.6. The number of hydrogen-bond acceptors (Lipinski definition) is 11. The van der Waals surface area contributed by atoms with E-state index >= 15 is 8.78 Å². The average Bonchev–Trinajstić information content (AvgIpc) is 3.58. The minimum absolute atomic E-state index is 0.0229. The predicted molar refractivity (Wildman–Crippen MR) is 230 cm³/mol. The Balaban J connectivity index is 0.00000179. The molecule has 0 bridgehead atoms. The van der Waals surface area contributed by atoms with Crippen LogP contribution in [0.15, 0.2) is 66.7 Å². The maximum Gasteiger partial charge on any atom is 0.412 e. The zero-order chi connectivity index (χ0) is 47.3. The Hall–Kier alpha value is -4.06. The molecule has 0 aliphatic carbocycles. The minimum atomic E-state index is -5.64. The van der Waals surface area contributed by atoms with Gasteiger partial charge in [0, 0.05) is 37.9 Å². The lowest BCUT2D eigenvalue weighted by Crippen LogP contribution is -2.36. The lowest BCUT2D eigenvalue weighted by atomic mass is 10.0. The number of ether oxygens (including phenoxy) is 3. The van der Waals surface area contributed by atoms with Crippen LogP contribution in [0.3, 0.4) is 0 Å². The molecule has 1 heterocycles. The number of esters is 2. The second kappa shape index (κ2) is 26.7. The summed E-state index contributed by atoms with van der Waals surface area (Å²) in [4.78, 5) is 90.1. The molecule has 0 saturated carbocycles. The largest absolute Gasteiger partial charge is 0.466 e. The molecule has 354 valence electrons. The Bertz CT molecular complexity index is 1830. The van der Waals surface area contributed by atoms with Crippen LogP contribution in [0.5, 0.6) is 5.75 Å². The number of amides is 2. The van der Waals surface area contributed by atoms with Crippen molar-refractivity contribution < 1.29 is 76.0 Å². The highest BCUT2D eigenvalue weighted by Crippen LogP contribution is 2.69. The Morgan fingerprint density at radius 2 is 1.49 bits per heavy atom. The van der Waals surface area contributed by atoms with Crippen LogP contribution in [-0.2, 0) is 45.3 Å². The third kappa shape index (κ3) is 18.2. The van der Waals surface area contributed by atoms with Gasteiger partial charge in [-0.05, 0) is 76.0 Å². The monoisotopic (exact) mass is 933 g/mol. The minimum Gasteiger partial charge on any atom is -0.466 e. The van der Waals surface area contributed by atoms with E-state index in [4.69, 9.17) is 14.2 Å². The molecule has 63 heavy (non-hydrogen) atoms. The molecule has 0 radical (unpaired) electrons. The number of aliphatic hydroxyl groups is 1. The standard InChI is InChI=1S/C36H48F2N2O14P2.C6H15N/c1-2-52-32(42)13-8-3-4-9-24-40-28(17-21-31(40)41)16-20-30(36(37,38)27-11-6-5-7-12-27)54-33(43)25-26-14-18-29(19-15-26)53-34(44)39-23-10-22-35(45,55(46,47)48)56(49,50)51;1-4-7(5-2)6-3/h5-7,11-12,14-16,18-20,28,30,45H,2-4,8-10,13,17,21-25H2,1H3,(H,39,44)(H2,46,47,48)(H2,49,50,51);4-6H2,1-3H3/b20-16+;/t28-,30+;/m0./s1. The van der Waals surface area contributed by atoms with E-state index in [2.05, 4.69) is 31.0 Å². The summed E-state index contributed by atoms with van der Waals surface area (Å²) in [7, 11) is -11.3. The van der Waals surface area contributed by atoms with Gasteiger partial charge in [-0.1, -0.05) is 82.2 Å². The summed E-state index contributed by atoms with van der Waals surface area (Å²) in [6.07, 6.45) is 1.35. The van der Waals surface area contributed by atoms with Gasteiger partial charge in [0.25, 0.3) is 5.08 Å². The Labute approximate surface area is 367 Å². The van der Waals surface area contributed by atoms with E-state index < -0.39 is 69.7 Å². The molecule has 21 heteroatoms. The molecule has 17 nitrogen and oxygen atoms in total. The molecule has 0 unspecified atom stereocenters. The van der Waals surface area contributed by atoms with Gasteiger partial charge in [0.2, 0.25) is 5.91 Å². The molecular weight excluding hydrogens is 870 g/mol. The van der Waals surface area contributed by atoms with E-state index in [-0.39, 0.29) is 36.2 Å². The molecule has 1 saturated heterocycles. The van der Waals surface area contributed by atoms with E-state index in [9.17, 15) is 53.0 Å². The number of nitrogens with one attached hydrogen (secondary N) is 1. The van der Waals surface area contributed by atoms with Crippen molar-refractivity contribution in [1.29, 1.82) is 0 Å². The topological polar surface area (TPSA) is 250 Å². The number of hydrogen-bond donors (Lipinski definition) is 6. The van der Waals surface area contributed by atoms with Crippen LogP contribution in [0.2, 0.25) is 0 Å². The van der Waals surface area contributed by atoms with Crippen molar-refractivity contribution >= 4 is 39.1 Å². The van der Waals surface area contributed by atoms with Crippen LogP contribution < -0.4 is 10.1 Å². The summed E-state index contributed by atoms with van der Waals surface area (Å²) in [5.41, 5.74) is -0.0684. The fourth-order valence-electron chi connectivity index (χ4n) is 6.49. The number of carbonyl (C=O) groups is 4. The van der Waals surface area contributed by atoms with Crippen LogP contribution >= 0.6 is 15.2 Å². The predicted octanol–water partition coefficient (Wildman–Crippen LogP) is 6.21. The second-order valence-corrected chi connectivity index (χ2v) is 18.7. The molecule has 2 aromatic rings. The number of alkyl halides is 2. The molecule has 2 amide bonds. The van der Waals surface area contributed by atoms with Gasteiger partial charge >= 0.3 is 39.1 Å². The van der Waals surface area contributed by atoms with Crippen LogP contribution in [0.25, 0.3) is 0 Å². The third-order valence-corrected chi connectivity index (χ3v) is 14.1.